The quantitative estimate of drug-likeness (QED) is 0.618. The molecular weight excluding hydrogens is 346 g/mol. The number of carbonyl (C=O) groups excluding carboxylic acids is 1. The van der Waals surface area contributed by atoms with E-state index in [-0.39, 0.29) is 5.91 Å². The molecule has 21 heavy (non-hydrogen) atoms. The van der Waals surface area contributed by atoms with E-state index in [9.17, 15) is 4.79 Å². The molecular formula is C17H14BrNOS. The van der Waals surface area contributed by atoms with Crippen LogP contribution < -0.4 is 4.90 Å². The number of carbonyl (C=O) groups is 1. The van der Waals surface area contributed by atoms with Gasteiger partial charge in [0.1, 0.15) is 4.88 Å². The van der Waals surface area contributed by atoms with Crippen molar-refractivity contribution in [3.63, 3.8) is 0 Å². The van der Waals surface area contributed by atoms with Crippen LogP contribution in [0.4, 0.5) is 5.69 Å². The third-order valence-electron chi connectivity index (χ3n) is 3.43. The topological polar surface area (TPSA) is 20.3 Å². The maximum atomic E-state index is 12.8. The predicted octanol–water partition coefficient (Wildman–Crippen LogP) is 5.33. The van der Waals surface area contributed by atoms with Crippen LogP contribution in [0.3, 0.4) is 0 Å². The number of hydrogen-bond acceptors (Lipinski definition) is 2. The van der Waals surface area contributed by atoms with E-state index in [4.69, 9.17) is 0 Å². The highest BCUT2D eigenvalue weighted by Gasteiger charge is 2.21. The summed E-state index contributed by atoms with van der Waals surface area (Å²) in [6, 6.07) is 16.1. The fraction of sp³-hybridized carbons (Fsp3) is 0.118. The Morgan fingerprint density at radius 2 is 1.90 bits per heavy atom. The highest BCUT2D eigenvalue weighted by molar-refractivity contribution is 9.10. The Kier molecular flexibility index (Phi) is 4.08. The average molecular weight is 360 g/mol. The van der Waals surface area contributed by atoms with E-state index in [0.717, 1.165) is 25.8 Å². The standard InChI is InChI=1S/C17H14BrNOS/c1-2-19(17(20)16-14(18)10-11-21-16)15-9-5-7-12-6-3-4-8-13(12)15/h3-11H,2H2,1H3. The van der Waals surface area contributed by atoms with Crippen molar-refractivity contribution in [2.75, 3.05) is 11.4 Å². The first kappa shape index (κ1) is 14.3. The van der Waals surface area contributed by atoms with Crippen LogP contribution >= 0.6 is 27.3 Å². The Balaban J connectivity index is 2.11. The molecule has 0 saturated carbocycles. The van der Waals surface area contributed by atoms with Crippen LogP contribution in [0.2, 0.25) is 0 Å². The van der Waals surface area contributed by atoms with Crippen LogP contribution in [0.1, 0.15) is 16.6 Å². The van der Waals surface area contributed by atoms with Crippen LogP contribution in [0, 0.1) is 0 Å². The minimum absolute atomic E-state index is 0.0377. The third kappa shape index (κ3) is 2.61. The molecule has 0 saturated heterocycles. The first-order chi connectivity index (χ1) is 10.2. The summed E-state index contributed by atoms with van der Waals surface area (Å²) in [5, 5.41) is 4.17. The lowest BCUT2D eigenvalue weighted by molar-refractivity contribution is 0.0992. The van der Waals surface area contributed by atoms with Gasteiger partial charge in [-0.3, -0.25) is 4.79 Å². The molecule has 0 aliphatic rings. The van der Waals surface area contributed by atoms with Gasteiger partial charge < -0.3 is 4.90 Å². The summed E-state index contributed by atoms with van der Waals surface area (Å²) < 4.78 is 0.858. The van der Waals surface area contributed by atoms with Gasteiger partial charge in [-0.15, -0.1) is 11.3 Å². The van der Waals surface area contributed by atoms with Crippen molar-refractivity contribution in [1.82, 2.24) is 0 Å². The SMILES string of the molecule is CCN(C(=O)c1sccc1Br)c1cccc2ccccc12. The van der Waals surface area contributed by atoms with Crippen molar-refractivity contribution >= 4 is 49.6 Å². The molecule has 1 aromatic heterocycles. The number of thiophene rings is 1. The van der Waals surface area contributed by atoms with E-state index in [1.165, 1.54) is 11.3 Å². The summed E-state index contributed by atoms with van der Waals surface area (Å²) in [4.78, 5) is 15.4. The summed E-state index contributed by atoms with van der Waals surface area (Å²) in [5.41, 5.74) is 0.959. The van der Waals surface area contributed by atoms with Gasteiger partial charge in [-0.25, -0.2) is 0 Å². The Bertz CT molecular complexity index is 791. The predicted molar refractivity (Wildman–Crippen MR) is 93.3 cm³/mol. The van der Waals surface area contributed by atoms with Gasteiger partial charge in [0.25, 0.3) is 5.91 Å². The van der Waals surface area contributed by atoms with E-state index in [0.29, 0.717) is 6.54 Å². The molecule has 2 nitrogen and oxygen atoms in total. The number of anilines is 1. The lowest BCUT2D eigenvalue weighted by Gasteiger charge is -2.22. The molecule has 1 heterocycles. The Labute approximate surface area is 136 Å². The Morgan fingerprint density at radius 3 is 2.62 bits per heavy atom. The van der Waals surface area contributed by atoms with Crippen molar-refractivity contribution in [2.45, 2.75) is 6.92 Å². The minimum Gasteiger partial charge on any atom is -0.307 e. The first-order valence-corrected chi connectivity index (χ1v) is 8.42. The van der Waals surface area contributed by atoms with Crippen molar-refractivity contribution in [1.29, 1.82) is 0 Å². The summed E-state index contributed by atoms with van der Waals surface area (Å²) in [6.07, 6.45) is 0. The molecule has 3 rings (SSSR count). The molecule has 0 fully saturated rings. The smallest absolute Gasteiger partial charge is 0.269 e. The van der Waals surface area contributed by atoms with Crippen LogP contribution in [0.5, 0.6) is 0 Å². The molecule has 0 unspecified atom stereocenters. The van der Waals surface area contributed by atoms with Gasteiger partial charge >= 0.3 is 0 Å². The van der Waals surface area contributed by atoms with Crippen LogP contribution in [0.15, 0.2) is 58.4 Å². The van der Waals surface area contributed by atoms with Gasteiger partial charge in [-0.2, -0.15) is 0 Å². The lowest BCUT2D eigenvalue weighted by Crippen LogP contribution is -2.30. The van der Waals surface area contributed by atoms with Crippen LogP contribution in [0.25, 0.3) is 10.8 Å². The molecule has 4 heteroatoms. The molecule has 0 aliphatic heterocycles. The van der Waals surface area contributed by atoms with Crippen molar-refractivity contribution < 1.29 is 4.79 Å². The van der Waals surface area contributed by atoms with Crippen molar-refractivity contribution in [3.8, 4) is 0 Å². The molecule has 0 bridgehead atoms. The van der Waals surface area contributed by atoms with Crippen LogP contribution in [-0.4, -0.2) is 12.5 Å². The molecule has 0 aliphatic carbocycles. The van der Waals surface area contributed by atoms with Crippen molar-refractivity contribution in [2.24, 2.45) is 0 Å². The number of rotatable bonds is 3. The summed E-state index contributed by atoms with van der Waals surface area (Å²) >= 11 is 4.91. The molecule has 0 radical (unpaired) electrons. The van der Waals surface area contributed by atoms with Gasteiger partial charge in [0, 0.05) is 16.4 Å². The summed E-state index contributed by atoms with van der Waals surface area (Å²) in [7, 11) is 0. The summed E-state index contributed by atoms with van der Waals surface area (Å²) in [5.74, 6) is 0.0377. The van der Waals surface area contributed by atoms with Gasteiger partial charge in [0.15, 0.2) is 0 Å². The first-order valence-electron chi connectivity index (χ1n) is 6.75. The highest BCUT2D eigenvalue weighted by atomic mass is 79.9. The van der Waals surface area contributed by atoms with Gasteiger partial charge in [-0.05, 0) is 45.8 Å². The second-order valence-electron chi connectivity index (χ2n) is 4.65. The zero-order valence-corrected chi connectivity index (χ0v) is 13.9. The molecule has 3 aromatic rings. The van der Waals surface area contributed by atoms with E-state index >= 15 is 0 Å². The monoisotopic (exact) mass is 359 g/mol. The van der Waals surface area contributed by atoms with E-state index in [1.54, 1.807) is 0 Å². The number of halogens is 1. The molecule has 106 valence electrons. The molecule has 0 N–H and O–H groups in total. The van der Waals surface area contributed by atoms with Gasteiger partial charge in [0.2, 0.25) is 0 Å². The Hall–Kier alpha value is -1.65. The maximum absolute atomic E-state index is 12.8. The Morgan fingerprint density at radius 1 is 1.14 bits per heavy atom. The van der Waals surface area contributed by atoms with E-state index in [1.807, 2.05) is 47.5 Å². The van der Waals surface area contributed by atoms with E-state index < -0.39 is 0 Å². The fourth-order valence-corrected chi connectivity index (χ4v) is 3.92. The molecule has 0 spiro atoms. The van der Waals surface area contributed by atoms with Gasteiger partial charge in [-0.1, -0.05) is 36.4 Å². The number of amides is 1. The normalized spacial score (nSPS) is 10.8. The average Bonchev–Trinajstić information content (AvgIpc) is 2.94. The molecule has 0 atom stereocenters. The number of benzene rings is 2. The molecule has 2 aromatic carbocycles. The molecule has 1 amide bonds. The largest absolute Gasteiger partial charge is 0.307 e. The van der Waals surface area contributed by atoms with Gasteiger partial charge in [0.05, 0.1) is 5.69 Å². The maximum Gasteiger partial charge on any atom is 0.269 e. The van der Waals surface area contributed by atoms with Crippen LogP contribution in [-0.2, 0) is 0 Å². The minimum atomic E-state index is 0.0377. The third-order valence-corrected chi connectivity index (χ3v) is 5.26. The zero-order chi connectivity index (χ0) is 14.8. The lowest BCUT2D eigenvalue weighted by atomic mass is 10.1. The number of nitrogens with zero attached hydrogens (tertiary/aromatic N) is 1. The second kappa shape index (κ2) is 6.00. The fourth-order valence-electron chi connectivity index (χ4n) is 2.44. The highest BCUT2D eigenvalue weighted by Crippen LogP contribution is 2.30. The summed E-state index contributed by atoms with van der Waals surface area (Å²) in [6.45, 7) is 2.64. The van der Waals surface area contributed by atoms with E-state index in [2.05, 4.69) is 34.1 Å². The zero-order valence-electron chi connectivity index (χ0n) is 11.5. The number of hydrogen-bond donors (Lipinski definition) is 0. The second-order valence-corrected chi connectivity index (χ2v) is 6.42. The van der Waals surface area contributed by atoms with Crippen molar-refractivity contribution in [3.05, 3.63) is 63.3 Å². The number of fused-ring (bicyclic) bond motifs is 1.